The summed E-state index contributed by atoms with van der Waals surface area (Å²) >= 11 is 0. The van der Waals surface area contributed by atoms with E-state index in [1.54, 1.807) is 13.2 Å². The van der Waals surface area contributed by atoms with Gasteiger partial charge in [-0.3, -0.25) is 0 Å². The van der Waals surface area contributed by atoms with Crippen molar-refractivity contribution < 1.29 is 14.9 Å². The van der Waals surface area contributed by atoms with Crippen LogP contribution in [0.5, 0.6) is 11.5 Å². The maximum absolute atomic E-state index is 10.0. The van der Waals surface area contributed by atoms with Gasteiger partial charge in [0.05, 0.1) is 13.7 Å². The van der Waals surface area contributed by atoms with E-state index in [0.29, 0.717) is 12.3 Å². The Balaban J connectivity index is 2.02. The summed E-state index contributed by atoms with van der Waals surface area (Å²) in [6, 6.07) is 13.1. The summed E-state index contributed by atoms with van der Waals surface area (Å²) in [6.45, 7) is 2.71. The van der Waals surface area contributed by atoms with E-state index < -0.39 is 0 Å². The Labute approximate surface area is 125 Å². The third-order valence-electron chi connectivity index (χ3n) is 3.49. The summed E-state index contributed by atoms with van der Waals surface area (Å²) in [5.41, 5.74) is 2.82. The van der Waals surface area contributed by atoms with Gasteiger partial charge in [0.15, 0.2) is 0 Å². The Morgan fingerprint density at radius 2 is 1.90 bits per heavy atom. The van der Waals surface area contributed by atoms with Crippen molar-refractivity contribution in [3.8, 4) is 11.5 Å². The van der Waals surface area contributed by atoms with E-state index in [-0.39, 0.29) is 18.4 Å². The van der Waals surface area contributed by atoms with Gasteiger partial charge in [-0.05, 0) is 24.1 Å². The van der Waals surface area contributed by atoms with Crippen molar-refractivity contribution in [2.75, 3.05) is 7.11 Å². The van der Waals surface area contributed by atoms with Gasteiger partial charge < -0.3 is 20.3 Å². The summed E-state index contributed by atoms with van der Waals surface area (Å²) in [6.07, 6.45) is 0. The predicted octanol–water partition coefficient (Wildman–Crippen LogP) is 2.74. The molecule has 0 bridgehead atoms. The molecule has 0 amide bonds. The second-order valence-electron chi connectivity index (χ2n) is 5.01. The van der Waals surface area contributed by atoms with E-state index in [1.165, 1.54) is 0 Å². The van der Waals surface area contributed by atoms with Gasteiger partial charge in [-0.15, -0.1) is 0 Å². The molecule has 4 heteroatoms. The van der Waals surface area contributed by atoms with Gasteiger partial charge in [0.1, 0.15) is 11.5 Å². The van der Waals surface area contributed by atoms with E-state index in [4.69, 9.17) is 9.84 Å². The van der Waals surface area contributed by atoms with Gasteiger partial charge in [-0.1, -0.05) is 30.3 Å². The lowest BCUT2D eigenvalue weighted by atomic mass is 10.1. The molecule has 4 nitrogen and oxygen atoms in total. The molecule has 0 heterocycles. The summed E-state index contributed by atoms with van der Waals surface area (Å²) in [7, 11) is 1.57. The monoisotopic (exact) mass is 287 g/mol. The molecule has 112 valence electrons. The van der Waals surface area contributed by atoms with Crippen LogP contribution in [0.1, 0.15) is 29.7 Å². The fraction of sp³-hybridized carbons (Fsp3) is 0.294. The zero-order chi connectivity index (χ0) is 15.2. The lowest BCUT2D eigenvalue weighted by Crippen LogP contribution is -2.18. The SMILES string of the molecule is COc1ccc(C(C)NCc2cccc(CO)c2)c(O)c1. The van der Waals surface area contributed by atoms with E-state index in [2.05, 4.69) is 5.32 Å². The molecular weight excluding hydrogens is 266 g/mol. The van der Waals surface area contributed by atoms with E-state index in [1.807, 2.05) is 43.3 Å². The standard InChI is InChI=1S/C17H21NO3/c1-12(16-7-6-15(21-2)9-17(16)20)18-10-13-4-3-5-14(8-13)11-19/h3-9,12,18-20H,10-11H2,1-2H3. The smallest absolute Gasteiger partial charge is 0.124 e. The number of nitrogens with one attached hydrogen (secondary N) is 1. The number of hydrogen-bond acceptors (Lipinski definition) is 4. The van der Waals surface area contributed by atoms with Crippen LogP contribution in [0.15, 0.2) is 42.5 Å². The number of phenols is 1. The summed E-state index contributed by atoms with van der Waals surface area (Å²) in [4.78, 5) is 0. The predicted molar refractivity (Wildman–Crippen MR) is 82.3 cm³/mol. The summed E-state index contributed by atoms with van der Waals surface area (Å²) in [5, 5.41) is 22.5. The Bertz CT molecular complexity index is 598. The number of aromatic hydroxyl groups is 1. The number of rotatable bonds is 6. The molecule has 1 unspecified atom stereocenters. The Morgan fingerprint density at radius 1 is 1.14 bits per heavy atom. The van der Waals surface area contributed by atoms with Gasteiger partial charge in [-0.25, -0.2) is 0 Å². The fourth-order valence-electron chi connectivity index (χ4n) is 2.24. The highest BCUT2D eigenvalue weighted by molar-refractivity contribution is 5.41. The quantitative estimate of drug-likeness (QED) is 0.764. The molecule has 0 aliphatic heterocycles. The largest absolute Gasteiger partial charge is 0.507 e. The fourth-order valence-corrected chi connectivity index (χ4v) is 2.24. The van der Waals surface area contributed by atoms with Gasteiger partial charge in [0, 0.05) is 24.2 Å². The van der Waals surface area contributed by atoms with Gasteiger partial charge in [-0.2, -0.15) is 0 Å². The first-order chi connectivity index (χ1) is 10.1. The molecular formula is C17H21NO3. The topological polar surface area (TPSA) is 61.7 Å². The number of methoxy groups -OCH3 is 1. The average molecular weight is 287 g/mol. The molecule has 2 rings (SSSR count). The van der Waals surface area contributed by atoms with E-state index in [9.17, 15) is 5.11 Å². The van der Waals surface area contributed by atoms with Crippen LogP contribution < -0.4 is 10.1 Å². The van der Waals surface area contributed by atoms with Crippen molar-refractivity contribution in [3.63, 3.8) is 0 Å². The van der Waals surface area contributed by atoms with Crippen molar-refractivity contribution in [2.24, 2.45) is 0 Å². The first-order valence-electron chi connectivity index (χ1n) is 6.93. The van der Waals surface area contributed by atoms with Crippen LogP contribution in [0.25, 0.3) is 0 Å². The Hall–Kier alpha value is -2.04. The zero-order valence-electron chi connectivity index (χ0n) is 12.3. The minimum Gasteiger partial charge on any atom is -0.507 e. The number of hydrogen-bond donors (Lipinski definition) is 3. The highest BCUT2D eigenvalue weighted by Gasteiger charge is 2.11. The summed E-state index contributed by atoms with van der Waals surface area (Å²) in [5.74, 6) is 0.859. The number of phenolic OH excluding ortho intramolecular Hbond substituents is 1. The van der Waals surface area contributed by atoms with Crippen LogP contribution in [0.2, 0.25) is 0 Å². The molecule has 0 aromatic heterocycles. The second-order valence-corrected chi connectivity index (χ2v) is 5.01. The van der Waals surface area contributed by atoms with Crippen molar-refractivity contribution in [2.45, 2.75) is 26.1 Å². The molecule has 0 aliphatic carbocycles. The molecule has 0 radical (unpaired) electrons. The minimum atomic E-state index is 0.00805. The molecule has 0 spiro atoms. The van der Waals surface area contributed by atoms with Crippen molar-refractivity contribution in [3.05, 3.63) is 59.2 Å². The normalized spacial score (nSPS) is 12.1. The molecule has 1 atom stereocenters. The third-order valence-corrected chi connectivity index (χ3v) is 3.49. The highest BCUT2D eigenvalue weighted by atomic mass is 16.5. The second kappa shape index (κ2) is 7.11. The van der Waals surface area contributed by atoms with Crippen molar-refractivity contribution in [1.82, 2.24) is 5.32 Å². The van der Waals surface area contributed by atoms with Crippen molar-refractivity contribution in [1.29, 1.82) is 0 Å². The average Bonchev–Trinajstić information content (AvgIpc) is 2.52. The van der Waals surface area contributed by atoms with E-state index in [0.717, 1.165) is 16.7 Å². The number of aliphatic hydroxyl groups excluding tert-OH is 1. The molecule has 21 heavy (non-hydrogen) atoms. The molecule has 3 N–H and O–H groups in total. The molecule has 0 aliphatic rings. The maximum atomic E-state index is 10.0. The third kappa shape index (κ3) is 3.97. The molecule has 0 saturated heterocycles. The molecule has 2 aromatic rings. The van der Waals surface area contributed by atoms with Crippen LogP contribution in [-0.4, -0.2) is 17.3 Å². The van der Waals surface area contributed by atoms with Crippen LogP contribution in [0.3, 0.4) is 0 Å². The molecule has 0 fully saturated rings. The lowest BCUT2D eigenvalue weighted by Gasteiger charge is -2.16. The number of ether oxygens (including phenoxy) is 1. The first kappa shape index (κ1) is 15.4. The van der Waals surface area contributed by atoms with Crippen LogP contribution >= 0.6 is 0 Å². The number of benzene rings is 2. The summed E-state index contributed by atoms with van der Waals surface area (Å²) < 4.78 is 5.08. The van der Waals surface area contributed by atoms with Crippen LogP contribution in [0, 0.1) is 0 Å². The Kier molecular flexibility index (Phi) is 5.20. The Morgan fingerprint density at radius 3 is 2.57 bits per heavy atom. The molecule has 2 aromatic carbocycles. The zero-order valence-corrected chi connectivity index (χ0v) is 12.3. The maximum Gasteiger partial charge on any atom is 0.124 e. The minimum absolute atomic E-state index is 0.00805. The molecule has 0 saturated carbocycles. The van der Waals surface area contributed by atoms with E-state index >= 15 is 0 Å². The van der Waals surface area contributed by atoms with Gasteiger partial charge in [0.2, 0.25) is 0 Å². The van der Waals surface area contributed by atoms with Crippen molar-refractivity contribution >= 4 is 0 Å². The lowest BCUT2D eigenvalue weighted by molar-refractivity contribution is 0.281. The van der Waals surface area contributed by atoms with Crippen LogP contribution in [0.4, 0.5) is 0 Å². The number of aliphatic hydroxyl groups is 1. The first-order valence-corrected chi connectivity index (χ1v) is 6.93. The highest BCUT2D eigenvalue weighted by Crippen LogP contribution is 2.28. The van der Waals surface area contributed by atoms with Gasteiger partial charge in [0.25, 0.3) is 0 Å². The van der Waals surface area contributed by atoms with Crippen LogP contribution in [-0.2, 0) is 13.2 Å². The van der Waals surface area contributed by atoms with Gasteiger partial charge >= 0.3 is 0 Å².